The molecule has 5 nitrogen and oxygen atoms in total. The van der Waals surface area contributed by atoms with Crippen LogP contribution in [0.15, 0.2) is 12.2 Å². The van der Waals surface area contributed by atoms with Crippen LogP contribution in [0.25, 0.3) is 0 Å². The van der Waals surface area contributed by atoms with E-state index in [0.717, 1.165) is 25.7 Å². The lowest BCUT2D eigenvalue weighted by atomic mass is 10.0. The number of carbonyl (C=O) groups is 3. The van der Waals surface area contributed by atoms with Gasteiger partial charge in [-0.25, -0.2) is 4.39 Å². The average molecular weight is 300 g/mol. The van der Waals surface area contributed by atoms with E-state index < -0.39 is 24.4 Å². The van der Waals surface area contributed by atoms with Gasteiger partial charge in [0.25, 0.3) is 0 Å². The van der Waals surface area contributed by atoms with Crippen LogP contribution in [-0.4, -0.2) is 37.4 Å². The maximum absolute atomic E-state index is 12.5. The number of amides is 2. The molecule has 0 heterocycles. The quantitative estimate of drug-likeness (QED) is 0.450. The lowest BCUT2D eigenvalue weighted by Crippen LogP contribution is -2.46. The fraction of sp³-hybridized carbons (Fsp3) is 0.667. The number of carbonyl (C=O) groups excluding carboxylic acids is 3. The Morgan fingerprint density at radius 1 is 1.14 bits per heavy atom. The highest BCUT2D eigenvalue weighted by Gasteiger charge is 2.26. The fourth-order valence-corrected chi connectivity index (χ4v) is 1.85. The molecule has 0 saturated heterocycles. The molecule has 0 bridgehead atoms. The van der Waals surface area contributed by atoms with Crippen LogP contribution in [0.1, 0.15) is 45.4 Å². The first kappa shape index (κ1) is 19.3. The monoisotopic (exact) mass is 300 g/mol. The summed E-state index contributed by atoms with van der Waals surface area (Å²) in [5.41, 5.74) is -0.153. The third kappa shape index (κ3) is 7.58. The number of rotatable bonds is 11. The standard InChI is InChI=1S/C15H25FN2O3/c1-4-5-6-7-8-9-13(20)18-14(12(19)10-16)11(2)15(21)17-3/h14H,2,4-10H2,1,3H3,(H,17,21)(H,18,20)/t14-/m1/s1. The second kappa shape index (κ2) is 11.0. The van der Waals surface area contributed by atoms with Gasteiger partial charge in [0.05, 0.1) is 0 Å². The van der Waals surface area contributed by atoms with Gasteiger partial charge in [-0.2, -0.15) is 0 Å². The molecule has 0 radical (unpaired) electrons. The number of Topliss-reactive ketones (excluding diaryl/α,β-unsaturated/α-hetero) is 1. The molecule has 0 aliphatic rings. The largest absolute Gasteiger partial charge is 0.355 e. The summed E-state index contributed by atoms with van der Waals surface area (Å²) in [5, 5.41) is 4.68. The SMILES string of the molecule is C=C(C(=O)NC)[C@@H](NC(=O)CCCCCCC)C(=O)CF. The topological polar surface area (TPSA) is 75.3 Å². The highest BCUT2D eigenvalue weighted by molar-refractivity contribution is 6.04. The summed E-state index contributed by atoms with van der Waals surface area (Å²) in [7, 11) is 1.38. The van der Waals surface area contributed by atoms with Gasteiger partial charge in [-0.1, -0.05) is 39.2 Å². The van der Waals surface area contributed by atoms with Gasteiger partial charge in [0.1, 0.15) is 6.04 Å². The molecule has 0 aromatic rings. The lowest BCUT2D eigenvalue weighted by Gasteiger charge is -2.17. The summed E-state index contributed by atoms with van der Waals surface area (Å²) in [6.45, 7) is 4.30. The Bertz CT molecular complexity index is 383. The first-order valence-corrected chi connectivity index (χ1v) is 7.26. The van der Waals surface area contributed by atoms with E-state index in [-0.39, 0.29) is 17.9 Å². The molecule has 2 amide bonds. The first-order chi connectivity index (χ1) is 9.97. The van der Waals surface area contributed by atoms with Crippen LogP contribution >= 0.6 is 0 Å². The van der Waals surface area contributed by atoms with Crippen LogP contribution in [0.4, 0.5) is 4.39 Å². The highest BCUT2D eigenvalue weighted by atomic mass is 19.1. The Labute approximate surface area is 125 Å². The zero-order chi connectivity index (χ0) is 16.3. The molecule has 1 atom stereocenters. The number of ketones is 1. The van der Waals surface area contributed by atoms with Crippen molar-refractivity contribution in [3.63, 3.8) is 0 Å². The Morgan fingerprint density at radius 3 is 2.29 bits per heavy atom. The van der Waals surface area contributed by atoms with Crippen LogP contribution in [-0.2, 0) is 14.4 Å². The van der Waals surface area contributed by atoms with E-state index >= 15 is 0 Å². The van der Waals surface area contributed by atoms with E-state index in [4.69, 9.17) is 0 Å². The molecule has 0 saturated carbocycles. The maximum atomic E-state index is 12.5. The molecule has 0 aliphatic carbocycles. The highest BCUT2D eigenvalue weighted by Crippen LogP contribution is 2.07. The number of hydrogen-bond donors (Lipinski definition) is 2. The Kier molecular flexibility index (Phi) is 10.1. The van der Waals surface area contributed by atoms with Gasteiger partial charge in [0.2, 0.25) is 11.8 Å². The summed E-state index contributed by atoms with van der Waals surface area (Å²) in [6.07, 6.45) is 5.18. The predicted molar refractivity (Wildman–Crippen MR) is 79.5 cm³/mol. The minimum absolute atomic E-state index is 0.153. The van der Waals surface area contributed by atoms with Crippen molar-refractivity contribution >= 4 is 17.6 Å². The fourth-order valence-electron chi connectivity index (χ4n) is 1.85. The van der Waals surface area contributed by atoms with Crippen LogP contribution in [0.2, 0.25) is 0 Å². The summed E-state index contributed by atoms with van der Waals surface area (Å²) in [4.78, 5) is 34.7. The van der Waals surface area contributed by atoms with Gasteiger partial charge >= 0.3 is 0 Å². The van der Waals surface area contributed by atoms with E-state index in [1.165, 1.54) is 7.05 Å². The molecule has 0 unspecified atom stereocenters. The van der Waals surface area contributed by atoms with Crippen LogP contribution in [0.3, 0.4) is 0 Å². The second-order valence-electron chi connectivity index (χ2n) is 4.87. The zero-order valence-electron chi connectivity index (χ0n) is 12.8. The molecule has 0 fully saturated rings. The third-order valence-corrected chi connectivity index (χ3v) is 3.13. The molecule has 6 heteroatoms. The van der Waals surface area contributed by atoms with E-state index in [2.05, 4.69) is 24.1 Å². The Hall–Kier alpha value is -1.72. The van der Waals surface area contributed by atoms with Crippen molar-refractivity contribution in [2.24, 2.45) is 0 Å². The van der Waals surface area contributed by atoms with Gasteiger partial charge in [0, 0.05) is 19.0 Å². The summed E-state index contributed by atoms with van der Waals surface area (Å²) < 4.78 is 12.5. The molecule has 120 valence electrons. The Balaban J connectivity index is 4.40. The number of hydrogen-bond acceptors (Lipinski definition) is 3. The zero-order valence-corrected chi connectivity index (χ0v) is 12.8. The van der Waals surface area contributed by atoms with Gasteiger partial charge in [-0.05, 0) is 6.42 Å². The number of unbranched alkanes of at least 4 members (excludes halogenated alkanes) is 4. The third-order valence-electron chi connectivity index (χ3n) is 3.13. The van der Waals surface area contributed by atoms with E-state index in [9.17, 15) is 18.8 Å². The van der Waals surface area contributed by atoms with Crippen molar-refractivity contribution < 1.29 is 18.8 Å². The van der Waals surface area contributed by atoms with Gasteiger partial charge in [-0.3, -0.25) is 14.4 Å². The van der Waals surface area contributed by atoms with E-state index in [1.807, 2.05) is 0 Å². The molecular weight excluding hydrogens is 275 g/mol. The van der Waals surface area contributed by atoms with Gasteiger partial charge < -0.3 is 10.6 Å². The van der Waals surface area contributed by atoms with Crippen molar-refractivity contribution in [3.8, 4) is 0 Å². The number of nitrogens with one attached hydrogen (secondary N) is 2. The smallest absolute Gasteiger partial charge is 0.248 e. The lowest BCUT2D eigenvalue weighted by molar-refractivity contribution is -0.128. The number of alkyl halides is 1. The van der Waals surface area contributed by atoms with Crippen LogP contribution < -0.4 is 10.6 Å². The molecule has 0 spiro atoms. The van der Waals surface area contributed by atoms with E-state index in [1.54, 1.807) is 0 Å². The number of halogens is 1. The molecule has 0 aliphatic heterocycles. The minimum Gasteiger partial charge on any atom is -0.355 e. The molecule has 21 heavy (non-hydrogen) atoms. The summed E-state index contributed by atoms with van der Waals surface area (Å²) >= 11 is 0. The minimum atomic E-state index is -1.29. The van der Waals surface area contributed by atoms with Gasteiger partial charge in [-0.15, -0.1) is 0 Å². The normalized spacial score (nSPS) is 11.6. The second-order valence-corrected chi connectivity index (χ2v) is 4.87. The first-order valence-electron chi connectivity index (χ1n) is 7.26. The van der Waals surface area contributed by atoms with E-state index in [0.29, 0.717) is 6.42 Å². The van der Waals surface area contributed by atoms with Crippen LogP contribution in [0.5, 0.6) is 0 Å². The van der Waals surface area contributed by atoms with Crippen molar-refractivity contribution in [2.75, 3.05) is 13.7 Å². The van der Waals surface area contributed by atoms with Crippen molar-refractivity contribution in [1.29, 1.82) is 0 Å². The summed E-state index contributed by atoms with van der Waals surface area (Å²) in [5.74, 6) is -1.84. The van der Waals surface area contributed by atoms with Gasteiger partial charge in [0.15, 0.2) is 12.5 Å². The summed E-state index contributed by atoms with van der Waals surface area (Å²) in [6, 6.07) is -1.29. The Morgan fingerprint density at radius 2 is 1.76 bits per heavy atom. The molecule has 0 aromatic carbocycles. The van der Waals surface area contributed by atoms with Crippen molar-refractivity contribution in [1.82, 2.24) is 10.6 Å². The molecular formula is C15H25FN2O3. The maximum Gasteiger partial charge on any atom is 0.248 e. The molecule has 0 aromatic heterocycles. The van der Waals surface area contributed by atoms with Crippen molar-refractivity contribution in [3.05, 3.63) is 12.2 Å². The number of likely N-dealkylation sites (N-methyl/N-ethyl adjacent to an activating group) is 1. The molecule has 2 N–H and O–H groups in total. The van der Waals surface area contributed by atoms with Crippen LogP contribution in [0, 0.1) is 0 Å². The predicted octanol–water partition coefficient (Wildman–Crippen LogP) is 1.67. The molecule has 0 rings (SSSR count). The van der Waals surface area contributed by atoms with Crippen molar-refractivity contribution in [2.45, 2.75) is 51.5 Å². The average Bonchev–Trinajstić information content (AvgIpc) is 2.50.